The number of sulfone groups is 1. The third-order valence-electron chi connectivity index (χ3n) is 6.51. The lowest BCUT2D eigenvalue weighted by atomic mass is 10.0. The fourth-order valence-electron chi connectivity index (χ4n) is 4.65. The van der Waals surface area contributed by atoms with E-state index in [1.807, 2.05) is 36.4 Å². The van der Waals surface area contributed by atoms with Gasteiger partial charge in [-0.15, -0.1) is 0 Å². The van der Waals surface area contributed by atoms with Crippen molar-refractivity contribution in [3.63, 3.8) is 0 Å². The normalized spacial score (nSPS) is 13.8. The number of alkyl halides is 1. The summed E-state index contributed by atoms with van der Waals surface area (Å²) in [5.74, 6) is -0.357. The Balaban J connectivity index is 1.47. The molecule has 0 spiro atoms. The summed E-state index contributed by atoms with van der Waals surface area (Å²) in [4.78, 5) is 21.8. The Kier molecular flexibility index (Phi) is 6.45. The van der Waals surface area contributed by atoms with Crippen LogP contribution in [0.5, 0.6) is 5.75 Å². The van der Waals surface area contributed by atoms with E-state index in [4.69, 9.17) is 4.74 Å². The van der Waals surface area contributed by atoms with Gasteiger partial charge in [0.25, 0.3) is 5.91 Å². The number of halogens is 2. The maximum absolute atomic E-state index is 15.0. The van der Waals surface area contributed by atoms with Crippen LogP contribution in [-0.2, 0) is 29.5 Å². The smallest absolute Gasteiger partial charge is 0.254 e. The molecule has 4 aromatic rings. The first kappa shape index (κ1) is 24.9. The quantitative estimate of drug-likeness (QED) is 0.403. The Labute approximate surface area is 213 Å². The molecule has 3 aromatic carbocycles. The summed E-state index contributed by atoms with van der Waals surface area (Å²) in [7, 11) is -3.77. The first-order valence-electron chi connectivity index (χ1n) is 11.8. The van der Waals surface area contributed by atoms with Crippen LogP contribution in [0, 0.1) is 5.82 Å². The van der Waals surface area contributed by atoms with Crippen LogP contribution in [0.4, 0.5) is 8.78 Å². The Bertz CT molecular complexity index is 1630. The predicted molar refractivity (Wildman–Crippen MR) is 135 cm³/mol. The summed E-state index contributed by atoms with van der Waals surface area (Å²) in [6, 6.07) is 13.8. The lowest BCUT2D eigenvalue weighted by Gasteiger charge is -2.22. The number of nitrogens with one attached hydrogen (secondary N) is 1. The molecule has 5 rings (SSSR count). The van der Waals surface area contributed by atoms with E-state index in [2.05, 4.69) is 9.97 Å². The molecule has 1 N–H and O–H groups in total. The van der Waals surface area contributed by atoms with Gasteiger partial charge >= 0.3 is 0 Å². The second kappa shape index (κ2) is 9.59. The van der Waals surface area contributed by atoms with Gasteiger partial charge in [-0.2, -0.15) is 0 Å². The van der Waals surface area contributed by atoms with Gasteiger partial charge in [-0.1, -0.05) is 19.1 Å². The number of aromatic nitrogens is 2. The van der Waals surface area contributed by atoms with E-state index in [0.29, 0.717) is 11.3 Å². The third-order valence-corrected chi connectivity index (χ3v) is 7.62. The van der Waals surface area contributed by atoms with Gasteiger partial charge in [0.15, 0.2) is 9.84 Å². The summed E-state index contributed by atoms with van der Waals surface area (Å²) in [6.45, 7) is 1.79. The lowest BCUT2D eigenvalue weighted by molar-refractivity contribution is 0.0731. The van der Waals surface area contributed by atoms with Crippen LogP contribution in [-0.4, -0.2) is 48.6 Å². The van der Waals surface area contributed by atoms with E-state index in [9.17, 15) is 17.6 Å². The van der Waals surface area contributed by atoms with Crippen molar-refractivity contribution in [3.8, 4) is 16.9 Å². The summed E-state index contributed by atoms with van der Waals surface area (Å²) in [5, 5.41) is 0. The molecule has 1 aliphatic rings. The van der Waals surface area contributed by atoms with Crippen LogP contribution < -0.4 is 4.74 Å². The fraction of sp³-hybridized carbons (Fsp3) is 0.259. The number of rotatable bonds is 5. The number of amides is 1. The van der Waals surface area contributed by atoms with E-state index >= 15 is 4.39 Å². The average Bonchev–Trinajstić information content (AvgIpc) is 3.17. The van der Waals surface area contributed by atoms with Gasteiger partial charge in [0.05, 0.1) is 17.6 Å². The highest BCUT2D eigenvalue weighted by molar-refractivity contribution is 7.90. The molecular formula is C27H25F2N3O4S. The molecule has 37 heavy (non-hydrogen) atoms. The van der Waals surface area contributed by atoms with E-state index in [1.165, 1.54) is 6.07 Å². The maximum atomic E-state index is 15.0. The summed E-state index contributed by atoms with van der Waals surface area (Å²) in [6.07, 6.45) is 1.11. The Morgan fingerprint density at radius 1 is 1.14 bits per heavy atom. The number of nitrogens with zero attached hydrogens (tertiary/aromatic N) is 2. The van der Waals surface area contributed by atoms with Crippen LogP contribution in [0.1, 0.15) is 34.2 Å². The van der Waals surface area contributed by atoms with Crippen LogP contribution in [0.2, 0.25) is 0 Å². The van der Waals surface area contributed by atoms with Crippen molar-refractivity contribution in [2.75, 3.05) is 19.4 Å². The molecule has 0 saturated heterocycles. The second-order valence-electron chi connectivity index (χ2n) is 8.98. The van der Waals surface area contributed by atoms with Crippen LogP contribution in [0.3, 0.4) is 0 Å². The first-order chi connectivity index (χ1) is 17.7. The van der Waals surface area contributed by atoms with Crippen molar-refractivity contribution >= 4 is 26.8 Å². The SMILES string of the molecule is CCc1c(C(=O)N2CCOc3ccc(-c4ccc5nc(CF)[nH]c5c4)cc3C2)ccc(S(C)(=O)=O)c1F. The highest BCUT2D eigenvalue weighted by atomic mass is 32.2. The van der Waals surface area contributed by atoms with Gasteiger partial charge in [0, 0.05) is 29.5 Å². The molecule has 1 amide bonds. The zero-order chi connectivity index (χ0) is 26.3. The highest BCUT2D eigenvalue weighted by Crippen LogP contribution is 2.32. The summed E-state index contributed by atoms with van der Waals surface area (Å²) in [5.41, 5.74) is 4.16. The van der Waals surface area contributed by atoms with Gasteiger partial charge in [0.1, 0.15) is 35.6 Å². The maximum Gasteiger partial charge on any atom is 0.254 e. The van der Waals surface area contributed by atoms with E-state index < -0.39 is 33.1 Å². The third kappa shape index (κ3) is 4.69. The molecule has 0 radical (unpaired) electrons. The molecule has 0 aliphatic carbocycles. The van der Waals surface area contributed by atoms with E-state index in [0.717, 1.165) is 34.5 Å². The Hall–Kier alpha value is -3.79. The number of carbonyl (C=O) groups is 1. The molecule has 7 nitrogen and oxygen atoms in total. The molecule has 0 saturated carbocycles. The Morgan fingerprint density at radius 3 is 2.62 bits per heavy atom. The number of ether oxygens (including phenoxy) is 1. The number of aromatic amines is 1. The molecule has 10 heteroatoms. The molecule has 0 bridgehead atoms. The van der Waals surface area contributed by atoms with Crippen LogP contribution in [0.25, 0.3) is 22.2 Å². The first-order valence-corrected chi connectivity index (χ1v) is 13.7. The Morgan fingerprint density at radius 2 is 1.89 bits per heavy atom. The second-order valence-corrected chi connectivity index (χ2v) is 11.0. The average molecular weight is 526 g/mol. The molecule has 1 aliphatic heterocycles. The molecular weight excluding hydrogens is 500 g/mol. The van der Waals surface area contributed by atoms with Gasteiger partial charge < -0.3 is 14.6 Å². The topological polar surface area (TPSA) is 92.4 Å². The monoisotopic (exact) mass is 525 g/mol. The fourth-order valence-corrected chi connectivity index (χ4v) is 5.42. The minimum absolute atomic E-state index is 0.0765. The van der Waals surface area contributed by atoms with Crippen molar-refractivity contribution in [1.82, 2.24) is 14.9 Å². The largest absolute Gasteiger partial charge is 0.491 e. The van der Waals surface area contributed by atoms with Gasteiger partial charge in [-0.05, 0) is 53.9 Å². The van der Waals surface area contributed by atoms with E-state index in [-0.39, 0.29) is 43.1 Å². The standard InChI is InChI=1S/C27H25F2N3O4S/c1-3-19-20(6-9-24(26(19)29)37(2,34)35)27(33)32-10-11-36-23-8-5-16(12-18(23)15-32)17-4-7-21-22(13-17)31-25(14-28)30-21/h4-9,12-13H,3,10-11,14-15H2,1-2H3,(H,30,31). The number of imidazole rings is 1. The predicted octanol–water partition coefficient (Wildman–Crippen LogP) is 4.84. The number of fused-ring (bicyclic) bond motifs is 2. The van der Waals surface area contributed by atoms with Crippen molar-refractivity contribution in [3.05, 3.63) is 76.9 Å². The van der Waals surface area contributed by atoms with Crippen molar-refractivity contribution in [2.45, 2.75) is 31.5 Å². The van der Waals surface area contributed by atoms with E-state index in [1.54, 1.807) is 11.8 Å². The molecule has 0 unspecified atom stereocenters. The minimum atomic E-state index is -3.77. The van der Waals surface area contributed by atoms with Gasteiger partial charge in [0.2, 0.25) is 0 Å². The molecule has 1 aromatic heterocycles. The lowest BCUT2D eigenvalue weighted by Crippen LogP contribution is -2.33. The number of carbonyl (C=O) groups excluding carboxylic acids is 1. The minimum Gasteiger partial charge on any atom is -0.491 e. The molecule has 0 fully saturated rings. The number of H-pyrrole nitrogens is 1. The van der Waals surface area contributed by atoms with Crippen molar-refractivity contribution in [2.24, 2.45) is 0 Å². The number of benzene rings is 3. The zero-order valence-corrected chi connectivity index (χ0v) is 21.2. The zero-order valence-electron chi connectivity index (χ0n) is 20.3. The summed E-state index contributed by atoms with van der Waals surface area (Å²) >= 11 is 0. The van der Waals surface area contributed by atoms with Crippen molar-refractivity contribution in [1.29, 1.82) is 0 Å². The summed E-state index contributed by atoms with van der Waals surface area (Å²) < 4.78 is 57.8. The molecule has 0 atom stereocenters. The van der Waals surface area contributed by atoms with Gasteiger partial charge in [-0.3, -0.25) is 4.79 Å². The highest BCUT2D eigenvalue weighted by Gasteiger charge is 2.27. The van der Waals surface area contributed by atoms with Gasteiger partial charge in [-0.25, -0.2) is 22.2 Å². The molecule has 192 valence electrons. The van der Waals surface area contributed by atoms with Crippen molar-refractivity contribution < 1.29 is 26.7 Å². The number of hydrogen-bond acceptors (Lipinski definition) is 5. The molecule has 2 heterocycles. The van der Waals surface area contributed by atoms with Crippen LogP contribution >= 0.6 is 0 Å². The number of hydrogen-bond donors (Lipinski definition) is 1. The van der Waals surface area contributed by atoms with Crippen LogP contribution in [0.15, 0.2) is 53.4 Å².